The minimum Gasteiger partial charge on any atom is -0.410 e. The first-order valence-electron chi connectivity index (χ1n) is 9.70. The van der Waals surface area contributed by atoms with Gasteiger partial charge in [-0.05, 0) is 42.3 Å². The molecule has 3 rings (SSSR count). The number of hydrogen-bond acceptors (Lipinski definition) is 5. The Balaban J connectivity index is 1.68. The summed E-state index contributed by atoms with van der Waals surface area (Å²) in [5.41, 5.74) is 0.230. The molecule has 0 bridgehead atoms. The Labute approximate surface area is 178 Å². The van der Waals surface area contributed by atoms with Crippen LogP contribution in [0.5, 0.6) is 5.75 Å². The molecule has 1 heterocycles. The van der Waals surface area contributed by atoms with Crippen molar-refractivity contribution in [1.29, 1.82) is 0 Å². The highest BCUT2D eigenvalue weighted by Gasteiger charge is 2.38. The van der Waals surface area contributed by atoms with E-state index in [-0.39, 0.29) is 24.7 Å². The molecule has 1 saturated heterocycles. The third-order valence-corrected chi connectivity index (χ3v) is 4.71. The molecule has 1 aliphatic heterocycles. The van der Waals surface area contributed by atoms with Crippen LogP contribution in [0.3, 0.4) is 0 Å². The summed E-state index contributed by atoms with van der Waals surface area (Å²) in [4.78, 5) is 52.4. The van der Waals surface area contributed by atoms with E-state index in [4.69, 9.17) is 4.74 Å². The largest absolute Gasteiger partial charge is 0.413 e. The van der Waals surface area contributed by atoms with E-state index in [2.05, 4.69) is 5.32 Å². The number of para-hydroxylation sites is 1. The fourth-order valence-electron chi connectivity index (χ4n) is 3.16. The average Bonchev–Trinajstić information content (AvgIpc) is 2.73. The van der Waals surface area contributed by atoms with Crippen molar-refractivity contribution >= 4 is 29.5 Å². The Kier molecular flexibility index (Phi) is 6.64. The first-order valence-corrected chi connectivity index (χ1v) is 9.70. The molecule has 1 aliphatic rings. The molecule has 1 fully saturated rings. The minimum atomic E-state index is -0.991. The van der Waals surface area contributed by atoms with Crippen molar-refractivity contribution in [2.24, 2.45) is 5.92 Å². The number of benzene rings is 2. The van der Waals surface area contributed by atoms with Crippen molar-refractivity contribution in [2.45, 2.75) is 19.9 Å². The number of imide groups is 1. The van der Waals surface area contributed by atoms with Crippen molar-refractivity contribution in [2.75, 3.05) is 18.0 Å². The fraction of sp³-hybridized carbons (Fsp3) is 0.273. The zero-order chi connectivity index (χ0) is 22.5. The SMILES string of the molecule is CC(C)[C@H](NC(=O)Oc1ccccc1)C(=O)N1CC(=O)N(c2ccc(F)cc2)C(=O)C1. The fourth-order valence-corrected chi connectivity index (χ4v) is 3.16. The Morgan fingerprint density at radius 1 is 0.968 bits per heavy atom. The molecule has 0 aromatic heterocycles. The van der Waals surface area contributed by atoms with Crippen LogP contribution in [0.15, 0.2) is 54.6 Å². The highest BCUT2D eigenvalue weighted by Crippen LogP contribution is 2.20. The lowest BCUT2D eigenvalue weighted by Crippen LogP contribution is -2.60. The Morgan fingerprint density at radius 2 is 1.55 bits per heavy atom. The second-order valence-corrected chi connectivity index (χ2v) is 7.36. The molecule has 162 valence electrons. The van der Waals surface area contributed by atoms with Gasteiger partial charge in [0.05, 0.1) is 5.69 Å². The zero-order valence-corrected chi connectivity index (χ0v) is 17.1. The molecule has 0 unspecified atom stereocenters. The smallest absolute Gasteiger partial charge is 0.410 e. The average molecular weight is 427 g/mol. The zero-order valence-electron chi connectivity index (χ0n) is 17.1. The summed E-state index contributed by atoms with van der Waals surface area (Å²) >= 11 is 0. The van der Waals surface area contributed by atoms with Crippen LogP contribution in [0.4, 0.5) is 14.9 Å². The van der Waals surface area contributed by atoms with Crippen LogP contribution in [0, 0.1) is 11.7 Å². The molecule has 31 heavy (non-hydrogen) atoms. The second-order valence-electron chi connectivity index (χ2n) is 7.36. The summed E-state index contributed by atoms with van der Waals surface area (Å²) in [6, 6.07) is 12.3. The molecular formula is C22H22FN3O5. The number of anilines is 1. The summed E-state index contributed by atoms with van der Waals surface area (Å²) in [7, 11) is 0. The van der Waals surface area contributed by atoms with Crippen LogP contribution in [0.25, 0.3) is 0 Å². The van der Waals surface area contributed by atoms with Crippen molar-refractivity contribution in [3.05, 3.63) is 60.4 Å². The molecule has 0 spiro atoms. The van der Waals surface area contributed by atoms with Gasteiger partial charge in [-0.25, -0.2) is 14.1 Å². The van der Waals surface area contributed by atoms with Crippen LogP contribution in [0.2, 0.25) is 0 Å². The van der Waals surface area contributed by atoms with Crippen molar-refractivity contribution < 1.29 is 28.3 Å². The minimum absolute atomic E-state index is 0.230. The van der Waals surface area contributed by atoms with Crippen LogP contribution in [-0.2, 0) is 14.4 Å². The number of carbonyl (C=O) groups is 4. The molecule has 0 aliphatic carbocycles. The van der Waals surface area contributed by atoms with Gasteiger partial charge in [-0.1, -0.05) is 32.0 Å². The monoisotopic (exact) mass is 427 g/mol. The molecule has 2 aromatic rings. The molecule has 8 nitrogen and oxygen atoms in total. The van der Waals surface area contributed by atoms with Crippen molar-refractivity contribution in [3.8, 4) is 5.75 Å². The molecule has 1 atom stereocenters. The summed E-state index contributed by atoms with van der Waals surface area (Å²) < 4.78 is 18.3. The standard InChI is InChI=1S/C22H22FN3O5/c1-14(2)20(24-22(30)31-17-6-4-3-5-7-17)21(29)25-12-18(27)26(19(28)13-25)16-10-8-15(23)9-11-16/h3-11,14,20H,12-13H2,1-2H3,(H,24,30)/t20-/m0/s1. The molecule has 2 aromatic carbocycles. The molecule has 9 heteroatoms. The number of halogens is 1. The lowest BCUT2D eigenvalue weighted by Gasteiger charge is -2.35. The number of nitrogens with one attached hydrogen (secondary N) is 1. The van der Waals surface area contributed by atoms with Gasteiger partial charge < -0.3 is 15.0 Å². The van der Waals surface area contributed by atoms with Crippen LogP contribution in [0.1, 0.15) is 13.8 Å². The molecule has 0 radical (unpaired) electrons. The molecule has 1 N–H and O–H groups in total. The van der Waals surface area contributed by atoms with E-state index in [1.165, 1.54) is 12.1 Å². The first-order chi connectivity index (χ1) is 14.8. The number of hydrogen-bond donors (Lipinski definition) is 1. The molecule has 4 amide bonds. The van der Waals surface area contributed by atoms with Crippen molar-refractivity contribution in [3.63, 3.8) is 0 Å². The number of nitrogens with zero attached hydrogens (tertiary/aromatic N) is 2. The van der Waals surface area contributed by atoms with Gasteiger partial charge in [0.2, 0.25) is 5.91 Å². The highest BCUT2D eigenvalue weighted by atomic mass is 19.1. The molecule has 0 saturated carbocycles. The number of rotatable bonds is 5. The van der Waals surface area contributed by atoms with E-state index >= 15 is 0 Å². The maximum Gasteiger partial charge on any atom is 0.413 e. The number of carbonyl (C=O) groups excluding carboxylic acids is 4. The predicted octanol–water partition coefficient (Wildman–Crippen LogP) is 2.34. The molecular weight excluding hydrogens is 405 g/mol. The number of amides is 4. The second kappa shape index (κ2) is 9.38. The summed E-state index contributed by atoms with van der Waals surface area (Å²) in [5, 5.41) is 2.51. The van der Waals surface area contributed by atoms with Gasteiger partial charge in [-0.2, -0.15) is 0 Å². The lowest BCUT2D eigenvalue weighted by atomic mass is 10.0. The van der Waals surface area contributed by atoms with E-state index in [1.807, 2.05) is 0 Å². The van der Waals surface area contributed by atoms with Gasteiger partial charge in [-0.15, -0.1) is 0 Å². The highest BCUT2D eigenvalue weighted by molar-refractivity contribution is 6.19. The van der Waals surface area contributed by atoms with E-state index in [1.54, 1.807) is 44.2 Å². The maximum atomic E-state index is 13.1. The third kappa shape index (κ3) is 5.25. The normalized spacial score (nSPS) is 15.1. The van der Waals surface area contributed by atoms with Gasteiger partial charge in [0.25, 0.3) is 11.8 Å². The summed E-state index contributed by atoms with van der Waals surface area (Å²) in [6.45, 7) is 2.76. The number of ether oxygens (including phenoxy) is 1. The van der Waals surface area contributed by atoms with Gasteiger partial charge in [0, 0.05) is 0 Å². The van der Waals surface area contributed by atoms with Crippen molar-refractivity contribution in [1.82, 2.24) is 10.2 Å². The Hall–Kier alpha value is -3.75. The van der Waals surface area contributed by atoms with E-state index in [9.17, 15) is 23.6 Å². The van der Waals surface area contributed by atoms with E-state index < -0.39 is 35.7 Å². The van der Waals surface area contributed by atoms with Gasteiger partial charge in [-0.3, -0.25) is 14.4 Å². The van der Waals surface area contributed by atoms with E-state index in [0.717, 1.165) is 21.9 Å². The lowest BCUT2D eigenvalue weighted by molar-refractivity contribution is -0.144. The van der Waals surface area contributed by atoms with Gasteiger partial charge in [0.15, 0.2) is 0 Å². The summed E-state index contributed by atoms with van der Waals surface area (Å²) in [5.74, 6) is -2.31. The third-order valence-electron chi connectivity index (χ3n) is 4.71. The Bertz CT molecular complexity index is 960. The first kappa shape index (κ1) is 21.9. The van der Waals surface area contributed by atoms with Gasteiger partial charge in [0.1, 0.15) is 30.7 Å². The Morgan fingerprint density at radius 3 is 2.10 bits per heavy atom. The summed E-state index contributed by atoms with van der Waals surface area (Å²) in [6.07, 6.45) is -0.819. The van der Waals surface area contributed by atoms with E-state index in [0.29, 0.717) is 5.75 Å². The van der Waals surface area contributed by atoms with Crippen LogP contribution in [-0.4, -0.2) is 47.8 Å². The van der Waals surface area contributed by atoms with Crippen LogP contribution >= 0.6 is 0 Å². The van der Waals surface area contributed by atoms with Crippen LogP contribution < -0.4 is 15.0 Å². The topological polar surface area (TPSA) is 96.0 Å². The maximum absolute atomic E-state index is 13.1. The number of piperazine rings is 1. The predicted molar refractivity (Wildman–Crippen MR) is 110 cm³/mol. The van der Waals surface area contributed by atoms with Gasteiger partial charge >= 0.3 is 6.09 Å². The quantitative estimate of drug-likeness (QED) is 0.739.